The molecule has 6 heteroatoms. The van der Waals surface area contributed by atoms with Gasteiger partial charge in [0.1, 0.15) is 17.6 Å². The van der Waals surface area contributed by atoms with E-state index in [1.165, 1.54) is 31.2 Å². The highest BCUT2D eigenvalue weighted by atomic mass is 16.5. The van der Waals surface area contributed by atoms with Crippen molar-refractivity contribution >= 4 is 17.0 Å². The van der Waals surface area contributed by atoms with Crippen LogP contribution in [0, 0.1) is 0 Å². The van der Waals surface area contributed by atoms with Crippen molar-refractivity contribution in [1.29, 1.82) is 0 Å². The number of benzene rings is 1. The van der Waals surface area contributed by atoms with Crippen LogP contribution in [0.4, 0.5) is 5.82 Å². The van der Waals surface area contributed by atoms with Gasteiger partial charge in [0.25, 0.3) is 0 Å². The first-order valence-electron chi connectivity index (χ1n) is 8.39. The number of methoxy groups -OCH3 is 1. The lowest BCUT2D eigenvalue weighted by Crippen LogP contribution is -2.33. The molecule has 0 saturated heterocycles. The minimum absolute atomic E-state index is 0.502. The Balaban J connectivity index is 1.69. The van der Waals surface area contributed by atoms with Gasteiger partial charge < -0.3 is 14.6 Å². The number of hydrogen-bond acceptors (Lipinski definition) is 5. The van der Waals surface area contributed by atoms with E-state index < -0.39 is 0 Å². The summed E-state index contributed by atoms with van der Waals surface area (Å²) in [4.78, 5) is 18.7. The summed E-state index contributed by atoms with van der Waals surface area (Å²) in [5.74, 6) is 1.80. The number of hydrogen-bond donors (Lipinski definition) is 1. The molecule has 4 rings (SSSR count). The van der Waals surface area contributed by atoms with Crippen molar-refractivity contribution in [2.75, 3.05) is 12.0 Å². The van der Waals surface area contributed by atoms with E-state index in [2.05, 4.69) is 37.0 Å². The number of anilines is 1. The Morgan fingerprint density at radius 3 is 2.67 bits per heavy atom. The lowest BCUT2D eigenvalue weighted by molar-refractivity contribution is 0.414. The standard InChI is InChI=1S/C18H21N5O/c1-24-15-8-6-13(7-9-15)10-23(14-4-2-3-5-14)18-16-17(20-11-19-16)21-12-22-18/h6-9,11-12,14H,2-5,10H2,1H3,(H,19,20,21,22). The third-order valence-electron chi connectivity index (χ3n) is 4.75. The van der Waals surface area contributed by atoms with E-state index in [4.69, 9.17) is 4.74 Å². The summed E-state index contributed by atoms with van der Waals surface area (Å²) in [5.41, 5.74) is 2.88. The van der Waals surface area contributed by atoms with Gasteiger partial charge >= 0.3 is 0 Å². The second-order valence-corrected chi connectivity index (χ2v) is 6.21. The van der Waals surface area contributed by atoms with Crippen molar-refractivity contribution in [3.8, 4) is 5.75 Å². The summed E-state index contributed by atoms with van der Waals surface area (Å²) in [5, 5.41) is 0. The molecule has 1 saturated carbocycles. The molecule has 1 aliphatic carbocycles. The molecule has 2 aromatic heterocycles. The fourth-order valence-corrected chi connectivity index (χ4v) is 3.48. The van der Waals surface area contributed by atoms with Crippen molar-refractivity contribution in [3.05, 3.63) is 42.5 Å². The lowest BCUT2D eigenvalue weighted by atomic mass is 10.1. The molecule has 0 unspecified atom stereocenters. The van der Waals surface area contributed by atoms with Gasteiger partial charge in [-0.25, -0.2) is 15.0 Å². The van der Waals surface area contributed by atoms with Gasteiger partial charge in [-0.1, -0.05) is 25.0 Å². The predicted molar refractivity (Wildman–Crippen MR) is 93.1 cm³/mol. The molecule has 0 radical (unpaired) electrons. The van der Waals surface area contributed by atoms with Crippen LogP contribution in [0.5, 0.6) is 5.75 Å². The van der Waals surface area contributed by atoms with Gasteiger partial charge in [-0.2, -0.15) is 0 Å². The molecule has 1 fully saturated rings. The van der Waals surface area contributed by atoms with Gasteiger partial charge in [-0.05, 0) is 30.5 Å². The smallest absolute Gasteiger partial charge is 0.162 e. The Hall–Kier alpha value is -2.63. The zero-order chi connectivity index (χ0) is 16.4. The molecular weight excluding hydrogens is 302 g/mol. The third-order valence-corrected chi connectivity index (χ3v) is 4.75. The molecule has 0 spiro atoms. The maximum absolute atomic E-state index is 5.26. The number of nitrogens with zero attached hydrogens (tertiary/aromatic N) is 4. The van der Waals surface area contributed by atoms with Crippen molar-refractivity contribution in [1.82, 2.24) is 19.9 Å². The van der Waals surface area contributed by atoms with E-state index in [1.807, 2.05) is 12.1 Å². The number of imidazole rings is 1. The molecule has 0 aliphatic heterocycles. The van der Waals surface area contributed by atoms with E-state index in [0.717, 1.165) is 29.3 Å². The fraction of sp³-hybridized carbons (Fsp3) is 0.389. The minimum atomic E-state index is 0.502. The molecular formula is C18H21N5O. The molecule has 0 atom stereocenters. The van der Waals surface area contributed by atoms with Gasteiger partial charge in [0.15, 0.2) is 11.5 Å². The molecule has 1 N–H and O–H groups in total. The SMILES string of the molecule is COc1ccc(CN(c2ncnc3[nH]cnc23)C2CCCC2)cc1. The van der Waals surface area contributed by atoms with Crippen molar-refractivity contribution in [3.63, 3.8) is 0 Å². The number of aromatic amines is 1. The van der Waals surface area contributed by atoms with E-state index in [1.54, 1.807) is 19.8 Å². The summed E-state index contributed by atoms with van der Waals surface area (Å²) in [6.07, 6.45) is 8.25. The number of ether oxygens (including phenoxy) is 1. The van der Waals surface area contributed by atoms with Crippen molar-refractivity contribution < 1.29 is 4.74 Å². The predicted octanol–water partition coefficient (Wildman–Crippen LogP) is 3.31. The fourth-order valence-electron chi connectivity index (χ4n) is 3.48. The summed E-state index contributed by atoms with van der Waals surface area (Å²) in [7, 11) is 1.69. The molecule has 124 valence electrons. The number of nitrogens with one attached hydrogen (secondary N) is 1. The Morgan fingerprint density at radius 1 is 1.12 bits per heavy atom. The maximum Gasteiger partial charge on any atom is 0.162 e. The Morgan fingerprint density at radius 2 is 1.92 bits per heavy atom. The summed E-state index contributed by atoms with van der Waals surface area (Å²) < 4.78 is 5.26. The molecule has 6 nitrogen and oxygen atoms in total. The van der Waals surface area contributed by atoms with E-state index in [-0.39, 0.29) is 0 Å². The van der Waals surface area contributed by atoms with Crippen molar-refractivity contribution in [2.45, 2.75) is 38.3 Å². The van der Waals surface area contributed by atoms with E-state index >= 15 is 0 Å². The first-order valence-corrected chi connectivity index (χ1v) is 8.39. The summed E-state index contributed by atoms with van der Waals surface area (Å²) >= 11 is 0. The topological polar surface area (TPSA) is 66.9 Å². The second-order valence-electron chi connectivity index (χ2n) is 6.21. The Bertz CT molecular complexity index is 808. The van der Waals surface area contributed by atoms with Crippen LogP contribution in [0.25, 0.3) is 11.2 Å². The summed E-state index contributed by atoms with van der Waals surface area (Å²) in [6, 6.07) is 8.74. The van der Waals surface area contributed by atoms with E-state index in [9.17, 15) is 0 Å². The van der Waals surface area contributed by atoms with Crippen LogP contribution in [0.3, 0.4) is 0 Å². The molecule has 1 aliphatic rings. The van der Waals surface area contributed by atoms with Gasteiger partial charge in [0.2, 0.25) is 0 Å². The lowest BCUT2D eigenvalue weighted by Gasteiger charge is -2.30. The van der Waals surface area contributed by atoms with Crippen LogP contribution in [0.1, 0.15) is 31.2 Å². The van der Waals surface area contributed by atoms with Crippen LogP contribution in [0.2, 0.25) is 0 Å². The zero-order valence-corrected chi connectivity index (χ0v) is 13.8. The molecule has 1 aromatic carbocycles. The Labute approximate surface area is 140 Å². The average Bonchev–Trinajstić information content (AvgIpc) is 3.31. The van der Waals surface area contributed by atoms with E-state index in [0.29, 0.717) is 6.04 Å². The quantitative estimate of drug-likeness (QED) is 0.780. The van der Waals surface area contributed by atoms with Crippen molar-refractivity contribution in [2.24, 2.45) is 0 Å². The third kappa shape index (κ3) is 2.79. The van der Waals surface area contributed by atoms with Gasteiger partial charge in [0, 0.05) is 12.6 Å². The monoisotopic (exact) mass is 323 g/mol. The average molecular weight is 323 g/mol. The molecule has 0 bridgehead atoms. The van der Waals surface area contributed by atoms with Crippen LogP contribution < -0.4 is 9.64 Å². The minimum Gasteiger partial charge on any atom is -0.497 e. The number of aromatic nitrogens is 4. The highest BCUT2D eigenvalue weighted by Gasteiger charge is 2.26. The largest absolute Gasteiger partial charge is 0.497 e. The van der Waals surface area contributed by atoms with Crippen LogP contribution >= 0.6 is 0 Å². The molecule has 2 heterocycles. The van der Waals surface area contributed by atoms with Gasteiger partial charge in [-0.3, -0.25) is 0 Å². The normalized spacial score (nSPS) is 15.0. The first-order chi connectivity index (χ1) is 11.8. The second kappa shape index (κ2) is 6.47. The summed E-state index contributed by atoms with van der Waals surface area (Å²) in [6.45, 7) is 0.813. The highest BCUT2D eigenvalue weighted by molar-refractivity contribution is 5.82. The number of H-pyrrole nitrogens is 1. The van der Waals surface area contributed by atoms with Crippen LogP contribution in [-0.4, -0.2) is 33.1 Å². The highest BCUT2D eigenvalue weighted by Crippen LogP contribution is 2.31. The van der Waals surface area contributed by atoms with Gasteiger partial charge in [0.05, 0.1) is 13.4 Å². The van der Waals surface area contributed by atoms with Crippen LogP contribution in [-0.2, 0) is 6.54 Å². The first kappa shape index (κ1) is 14.9. The Kier molecular flexibility index (Phi) is 4.02. The number of fused-ring (bicyclic) bond motifs is 1. The van der Waals surface area contributed by atoms with Gasteiger partial charge in [-0.15, -0.1) is 0 Å². The zero-order valence-electron chi connectivity index (χ0n) is 13.8. The molecule has 3 aromatic rings. The van der Waals surface area contributed by atoms with Crippen LogP contribution in [0.15, 0.2) is 36.9 Å². The molecule has 24 heavy (non-hydrogen) atoms. The maximum atomic E-state index is 5.26. The number of rotatable bonds is 5. The molecule has 0 amide bonds.